The van der Waals surface area contributed by atoms with E-state index in [2.05, 4.69) is 0 Å². The monoisotopic (exact) mass is 322 g/mol. The molecule has 0 spiro atoms. The van der Waals surface area contributed by atoms with E-state index in [0.29, 0.717) is 12.8 Å². The number of hydrogen-bond acceptors (Lipinski definition) is 5. The molecule has 4 unspecified atom stereocenters. The van der Waals surface area contributed by atoms with Gasteiger partial charge < -0.3 is 14.4 Å². The minimum absolute atomic E-state index is 0.0207. The molecule has 1 heterocycles. The maximum Gasteiger partial charge on any atom is 0.473 e. The zero-order valence-electron chi connectivity index (χ0n) is 13.4. The highest BCUT2D eigenvalue weighted by Gasteiger charge is 2.59. The lowest BCUT2D eigenvalue weighted by Crippen LogP contribution is -2.41. The van der Waals surface area contributed by atoms with E-state index in [1.54, 1.807) is 13.8 Å². The molecule has 5 atom stereocenters. The van der Waals surface area contributed by atoms with Gasteiger partial charge in [-0.15, -0.1) is 0 Å². The van der Waals surface area contributed by atoms with Gasteiger partial charge in [-0.05, 0) is 47.5 Å². The second-order valence-corrected chi connectivity index (χ2v) is 7.94. The summed E-state index contributed by atoms with van der Waals surface area (Å²) in [6.07, 6.45) is 1.26. The van der Waals surface area contributed by atoms with Gasteiger partial charge >= 0.3 is 7.82 Å². The van der Waals surface area contributed by atoms with E-state index in [-0.39, 0.29) is 30.5 Å². The van der Waals surface area contributed by atoms with E-state index in [9.17, 15) is 9.46 Å². The van der Waals surface area contributed by atoms with Crippen LogP contribution < -0.4 is 0 Å². The molecule has 2 aliphatic rings. The molecule has 0 bridgehead atoms. The van der Waals surface area contributed by atoms with Crippen molar-refractivity contribution in [3.05, 3.63) is 0 Å². The van der Waals surface area contributed by atoms with Crippen LogP contribution in [0, 0.1) is 0 Å². The van der Waals surface area contributed by atoms with E-state index < -0.39 is 13.4 Å². The SMILES string of the molecule is CC(C)O[C@@H]1CCC2(OP(=O)(O)OC(C)C)CC(C)OC12. The standard InChI is InChI=1S/C14H27O6P/c1-9(2)17-12-6-7-14(8-11(5)18-13(12)14)20-21(15,16)19-10(3)4/h9-13H,6-8H2,1-5H3,(H,15,16)/t11?,12-,13?,14?/m1/s1. The van der Waals surface area contributed by atoms with Gasteiger partial charge in [0.05, 0.1) is 24.4 Å². The first kappa shape index (κ1) is 17.4. The summed E-state index contributed by atoms with van der Waals surface area (Å²) in [7, 11) is -4.10. The molecule has 0 radical (unpaired) electrons. The summed E-state index contributed by atoms with van der Waals surface area (Å²) >= 11 is 0. The summed E-state index contributed by atoms with van der Waals surface area (Å²) in [5.74, 6) is 0. The van der Waals surface area contributed by atoms with Gasteiger partial charge in [-0.3, -0.25) is 9.05 Å². The Hall–Kier alpha value is 0.0300. The number of hydrogen-bond donors (Lipinski definition) is 1. The molecule has 21 heavy (non-hydrogen) atoms. The molecule has 0 aromatic rings. The second-order valence-electron chi connectivity index (χ2n) is 6.61. The highest BCUT2D eigenvalue weighted by molar-refractivity contribution is 7.47. The number of phosphoric ester groups is 1. The van der Waals surface area contributed by atoms with Crippen molar-refractivity contribution in [3.8, 4) is 0 Å². The normalized spacial score (nSPS) is 39.0. The molecule has 1 saturated heterocycles. The Bertz CT molecular complexity index is 412. The van der Waals surface area contributed by atoms with Crippen molar-refractivity contribution in [2.75, 3.05) is 0 Å². The molecule has 0 amide bonds. The van der Waals surface area contributed by atoms with Crippen LogP contribution in [0.15, 0.2) is 0 Å². The van der Waals surface area contributed by atoms with Gasteiger partial charge in [0.15, 0.2) is 0 Å². The minimum Gasteiger partial charge on any atom is -0.373 e. The van der Waals surface area contributed by atoms with Gasteiger partial charge in [-0.25, -0.2) is 4.57 Å². The second kappa shape index (κ2) is 6.26. The molecular weight excluding hydrogens is 295 g/mol. The van der Waals surface area contributed by atoms with Crippen LogP contribution in [0.3, 0.4) is 0 Å². The quantitative estimate of drug-likeness (QED) is 0.758. The molecule has 0 aromatic carbocycles. The molecule has 6 nitrogen and oxygen atoms in total. The Morgan fingerprint density at radius 2 is 1.95 bits per heavy atom. The maximum absolute atomic E-state index is 12.2. The Balaban J connectivity index is 2.13. The molecule has 1 aliphatic carbocycles. The Labute approximate surface area is 126 Å². The van der Waals surface area contributed by atoms with Crippen LogP contribution >= 0.6 is 7.82 Å². The fraction of sp³-hybridized carbons (Fsp3) is 1.00. The molecule has 1 N–H and O–H groups in total. The lowest BCUT2D eigenvalue weighted by atomic mass is 9.96. The van der Waals surface area contributed by atoms with E-state index >= 15 is 0 Å². The highest BCUT2D eigenvalue weighted by Crippen LogP contribution is 2.57. The van der Waals surface area contributed by atoms with Crippen molar-refractivity contribution < 1.29 is 28.0 Å². The van der Waals surface area contributed by atoms with Crippen LogP contribution in [0.4, 0.5) is 0 Å². The first-order valence-electron chi connectivity index (χ1n) is 7.66. The zero-order valence-corrected chi connectivity index (χ0v) is 14.3. The van der Waals surface area contributed by atoms with Gasteiger partial charge in [-0.2, -0.15) is 0 Å². The minimum atomic E-state index is -4.10. The predicted octanol–water partition coefficient (Wildman–Crippen LogP) is 3.03. The fourth-order valence-electron chi connectivity index (χ4n) is 3.38. The maximum atomic E-state index is 12.2. The van der Waals surface area contributed by atoms with Gasteiger partial charge in [0.1, 0.15) is 11.7 Å². The van der Waals surface area contributed by atoms with E-state index in [0.717, 1.165) is 6.42 Å². The summed E-state index contributed by atoms with van der Waals surface area (Å²) in [4.78, 5) is 9.96. The smallest absolute Gasteiger partial charge is 0.373 e. The number of ether oxygens (including phenoxy) is 2. The molecule has 2 rings (SSSR count). The number of fused-ring (bicyclic) bond motifs is 1. The Morgan fingerprint density at radius 3 is 2.52 bits per heavy atom. The van der Waals surface area contributed by atoms with Crippen LogP contribution in [0.1, 0.15) is 53.9 Å². The van der Waals surface area contributed by atoms with E-state index in [4.69, 9.17) is 18.5 Å². The lowest BCUT2D eigenvalue weighted by molar-refractivity contribution is -0.105. The van der Waals surface area contributed by atoms with Crippen molar-refractivity contribution in [2.45, 2.75) is 90.0 Å². The molecule has 124 valence electrons. The van der Waals surface area contributed by atoms with Crippen molar-refractivity contribution in [1.29, 1.82) is 0 Å². The molecule has 0 aromatic heterocycles. The summed E-state index contributed by atoms with van der Waals surface area (Å²) in [6.45, 7) is 9.29. The number of rotatable bonds is 6. The van der Waals surface area contributed by atoms with Gasteiger partial charge in [0, 0.05) is 6.42 Å². The molecule has 7 heteroatoms. The first-order chi connectivity index (χ1) is 9.63. The fourth-order valence-corrected chi connectivity index (χ4v) is 4.68. The third-order valence-electron chi connectivity index (χ3n) is 3.81. The molecule has 2 fully saturated rings. The molecule has 1 aliphatic heterocycles. The van der Waals surface area contributed by atoms with Crippen LogP contribution in [0.25, 0.3) is 0 Å². The van der Waals surface area contributed by atoms with Gasteiger partial charge in [0.2, 0.25) is 0 Å². The van der Waals surface area contributed by atoms with Crippen molar-refractivity contribution >= 4 is 7.82 Å². The predicted molar refractivity (Wildman–Crippen MR) is 78.1 cm³/mol. The zero-order chi connectivity index (χ0) is 15.8. The Kier molecular flexibility index (Phi) is 5.19. The average molecular weight is 322 g/mol. The third kappa shape index (κ3) is 4.06. The largest absolute Gasteiger partial charge is 0.473 e. The molecular formula is C14H27O6P. The van der Waals surface area contributed by atoms with Gasteiger partial charge in [-0.1, -0.05) is 0 Å². The summed E-state index contributed by atoms with van der Waals surface area (Å²) in [6, 6.07) is 0. The summed E-state index contributed by atoms with van der Waals surface area (Å²) in [5, 5.41) is 0. The van der Waals surface area contributed by atoms with E-state index in [1.807, 2.05) is 20.8 Å². The lowest BCUT2D eigenvalue weighted by Gasteiger charge is -2.31. The summed E-state index contributed by atoms with van der Waals surface area (Å²) in [5.41, 5.74) is -0.780. The first-order valence-corrected chi connectivity index (χ1v) is 9.16. The average Bonchev–Trinajstić information content (AvgIpc) is 2.71. The summed E-state index contributed by atoms with van der Waals surface area (Å²) < 4.78 is 34.6. The third-order valence-corrected chi connectivity index (χ3v) is 5.09. The van der Waals surface area contributed by atoms with Crippen LogP contribution in [0.5, 0.6) is 0 Å². The van der Waals surface area contributed by atoms with Crippen LogP contribution in [-0.4, -0.2) is 41.0 Å². The Morgan fingerprint density at radius 1 is 1.29 bits per heavy atom. The van der Waals surface area contributed by atoms with Crippen LogP contribution in [0.2, 0.25) is 0 Å². The van der Waals surface area contributed by atoms with E-state index in [1.165, 1.54) is 0 Å². The van der Waals surface area contributed by atoms with Crippen molar-refractivity contribution in [2.24, 2.45) is 0 Å². The van der Waals surface area contributed by atoms with Crippen molar-refractivity contribution in [3.63, 3.8) is 0 Å². The van der Waals surface area contributed by atoms with Crippen LogP contribution in [-0.2, 0) is 23.1 Å². The van der Waals surface area contributed by atoms with Crippen molar-refractivity contribution in [1.82, 2.24) is 0 Å². The number of phosphoric acid groups is 1. The topological polar surface area (TPSA) is 74.2 Å². The molecule has 1 saturated carbocycles. The highest BCUT2D eigenvalue weighted by atomic mass is 31.2. The van der Waals surface area contributed by atoms with Gasteiger partial charge in [0.25, 0.3) is 0 Å².